The topological polar surface area (TPSA) is 83.8 Å². The van der Waals surface area contributed by atoms with E-state index in [-0.39, 0.29) is 23.0 Å². The minimum absolute atomic E-state index is 0.124. The van der Waals surface area contributed by atoms with Crippen LogP contribution in [0, 0.1) is 0 Å². The molecule has 2 unspecified atom stereocenters. The van der Waals surface area contributed by atoms with Gasteiger partial charge in [-0.1, -0.05) is 0 Å². The van der Waals surface area contributed by atoms with Crippen LogP contribution < -0.4 is 20.4 Å². The lowest BCUT2D eigenvalue weighted by molar-refractivity contribution is 0.0695. The molecule has 144 valence electrons. The average molecular weight is 375 g/mol. The maximum Gasteiger partial charge on any atom is 0.341 e. The Kier molecular flexibility index (Phi) is 4.30. The molecule has 2 N–H and O–H groups in total. The second-order valence-corrected chi connectivity index (χ2v) is 7.14. The van der Waals surface area contributed by atoms with Gasteiger partial charge in [0.15, 0.2) is 12.0 Å². The van der Waals surface area contributed by atoms with E-state index >= 15 is 0 Å². The average Bonchev–Trinajstić information content (AvgIpc) is 3.48. The van der Waals surface area contributed by atoms with Crippen LogP contribution >= 0.6 is 0 Å². The summed E-state index contributed by atoms with van der Waals surface area (Å²) in [5, 5.41) is 12.8. The Morgan fingerprint density at radius 3 is 2.74 bits per heavy atom. The maximum atomic E-state index is 14.8. The van der Waals surface area contributed by atoms with Crippen molar-refractivity contribution in [1.82, 2.24) is 9.88 Å². The summed E-state index contributed by atoms with van der Waals surface area (Å²) in [5.74, 6) is -0.843. The highest BCUT2D eigenvalue weighted by molar-refractivity contribution is 5.97. The van der Waals surface area contributed by atoms with Crippen molar-refractivity contribution in [3.63, 3.8) is 0 Å². The number of benzene rings is 1. The molecule has 27 heavy (non-hydrogen) atoms. The van der Waals surface area contributed by atoms with E-state index in [4.69, 9.17) is 4.74 Å². The molecule has 1 saturated carbocycles. The summed E-state index contributed by atoms with van der Waals surface area (Å²) in [6, 6.07) is 3.02. The number of methoxy groups -OCH3 is 1. The molecule has 4 rings (SSSR count). The quantitative estimate of drug-likeness (QED) is 0.797. The minimum atomic E-state index is -1.25. The lowest BCUT2D eigenvalue weighted by Crippen LogP contribution is -2.55. The van der Waals surface area contributed by atoms with Gasteiger partial charge >= 0.3 is 5.97 Å². The first-order valence-corrected chi connectivity index (χ1v) is 9.07. The predicted molar refractivity (Wildman–Crippen MR) is 99.7 cm³/mol. The third kappa shape index (κ3) is 2.84. The van der Waals surface area contributed by atoms with Gasteiger partial charge in [0, 0.05) is 25.3 Å². The highest BCUT2D eigenvalue weighted by atomic mass is 19.1. The van der Waals surface area contributed by atoms with Gasteiger partial charge in [-0.25, -0.2) is 9.18 Å². The van der Waals surface area contributed by atoms with Crippen LogP contribution in [0.1, 0.15) is 36.2 Å². The molecule has 2 atom stereocenters. The number of carboxylic acids is 1. The van der Waals surface area contributed by atoms with Crippen LogP contribution in [0.5, 0.6) is 5.75 Å². The van der Waals surface area contributed by atoms with Gasteiger partial charge < -0.3 is 24.6 Å². The van der Waals surface area contributed by atoms with E-state index < -0.39 is 17.7 Å². The number of aromatic nitrogens is 1. The van der Waals surface area contributed by atoms with Gasteiger partial charge in [-0.2, -0.15) is 0 Å². The van der Waals surface area contributed by atoms with Gasteiger partial charge in [0.25, 0.3) is 0 Å². The number of pyridine rings is 1. The molecule has 1 aromatic heterocycles. The van der Waals surface area contributed by atoms with E-state index in [1.54, 1.807) is 28.5 Å². The summed E-state index contributed by atoms with van der Waals surface area (Å²) in [4.78, 5) is 25.8. The summed E-state index contributed by atoms with van der Waals surface area (Å²) in [6.45, 7) is 2.88. The predicted octanol–water partition coefficient (Wildman–Crippen LogP) is 2.14. The zero-order chi connectivity index (χ0) is 19.3. The van der Waals surface area contributed by atoms with Gasteiger partial charge in [0.2, 0.25) is 5.43 Å². The molecule has 1 saturated heterocycles. The van der Waals surface area contributed by atoms with Crippen molar-refractivity contribution in [3.05, 3.63) is 34.1 Å². The Morgan fingerprint density at radius 1 is 1.37 bits per heavy atom. The Hall–Kier alpha value is -2.61. The molecule has 1 aliphatic carbocycles. The smallest absolute Gasteiger partial charge is 0.341 e. The van der Waals surface area contributed by atoms with Crippen LogP contribution in [-0.4, -0.2) is 48.2 Å². The largest absolute Gasteiger partial charge is 0.492 e. The fourth-order valence-electron chi connectivity index (χ4n) is 3.78. The van der Waals surface area contributed by atoms with Gasteiger partial charge in [0.1, 0.15) is 5.56 Å². The van der Waals surface area contributed by atoms with Crippen LogP contribution in [0.25, 0.3) is 10.9 Å². The van der Waals surface area contributed by atoms with Crippen molar-refractivity contribution in [2.75, 3.05) is 25.1 Å². The number of hydrogen-bond acceptors (Lipinski definition) is 5. The van der Waals surface area contributed by atoms with Crippen LogP contribution in [0.4, 0.5) is 10.1 Å². The number of ether oxygens (including phenoxy) is 1. The number of piperazine rings is 1. The second kappa shape index (κ2) is 6.53. The number of anilines is 1. The Bertz CT molecular complexity index is 970. The van der Waals surface area contributed by atoms with Crippen LogP contribution in [0.2, 0.25) is 0 Å². The Balaban J connectivity index is 1.99. The molecule has 1 aromatic carbocycles. The SMILES string of the molecule is COc1c(N2CCNC(C)C2F)ccc2c(=O)c(C(=O)O)cn(C3CC3)c12. The fourth-order valence-corrected chi connectivity index (χ4v) is 3.78. The molecular formula is C19H22FN3O4. The number of carbonyl (C=O) groups is 1. The van der Waals surface area contributed by atoms with E-state index in [1.165, 1.54) is 13.3 Å². The van der Waals surface area contributed by atoms with E-state index in [0.717, 1.165) is 12.8 Å². The Morgan fingerprint density at radius 2 is 2.11 bits per heavy atom. The van der Waals surface area contributed by atoms with Crippen molar-refractivity contribution < 1.29 is 19.0 Å². The lowest BCUT2D eigenvalue weighted by atomic mass is 10.1. The molecule has 0 spiro atoms. The molecule has 8 heteroatoms. The number of hydrogen-bond donors (Lipinski definition) is 2. The third-order valence-electron chi connectivity index (χ3n) is 5.34. The number of aromatic carboxylic acids is 1. The number of rotatable bonds is 4. The van der Waals surface area contributed by atoms with E-state index in [2.05, 4.69) is 5.32 Å². The van der Waals surface area contributed by atoms with Crippen molar-refractivity contribution in [3.8, 4) is 5.75 Å². The normalized spacial score (nSPS) is 22.9. The summed E-state index contributed by atoms with van der Waals surface area (Å²) in [6.07, 6.45) is 1.97. The fraction of sp³-hybridized carbons (Fsp3) is 0.474. The van der Waals surface area contributed by atoms with Crippen molar-refractivity contribution in [1.29, 1.82) is 0 Å². The maximum absolute atomic E-state index is 14.8. The first kappa shape index (κ1) is 17.8. The van der Waals surface area contributed by atoms with Gasteiger partial charge in [-0.05, 0) is 31.9 Å². The van der Waals surface area contributed by atoms with Gasteiger partial charge in [-0.3, -0.25) is 4.79 Å². The zero-order valence-corrected chi connectivity index (χ0v) is 15.2. The number of nitrogens with one attached hydrogen (secondary N) is 1. The van der Waals surface area contributed by atoms with Gasteiger partial charge in [-0.15, -0.1) is 0 Å². The molecule has 2 aromatic rings. The van der Waals surface area contributed by atoms with Crippen LogP contribution in [0.15, 0.2) is 23.1 Å². The first-order valence-electron chi connectivity index (χ1n) is 9.07. The molecule has 0 radical (unpaired) electrons. The molecule has 7 nitrogen and oxygen atoms in total. The number of alkyl halides is 1. The number of halogens is 1. The highest BCUT2D eigenvalue weighted by Crippen LogP contribution is 2.43. The molecule has 0 amide bonds. The number of nitrogens with zero attached hydrogens (tertiary/aromatic N) is 2. The Labute approximate surface area is 155 Å². The molecule has 1 aliphatic heterocycles. The van der Waals surface area contributed by atoms with E-state index in [9.17, 15) is 19.1 Å². The first-order chi connectivity index (χ1) is 12.9. The highest BCUT2D eigenvalue weighted by Gasteiger charge is 2.33. The van der Waals surface area contributed by atoms with E-state index in [0.29, 0.717) is 30.0 Å². The lowest BCUT2D eigenvalue weighted by Gasteiger charge is -2.38. The second-order valence-electron chi connectivity index (χ2n) is 7.14. The molecular weight excluding hydrogens is 353 g/mol. The monoisotopic (exact) mass is 375 g/mol. The van der Waals surface area contributed by atoms with Crippen molar-refractivity contribution >= 4 is 22.6 Å². The van der Waals surface area contributed by atoms with E-state index in [1.807, 2.05) is 0 Å². The van der Waals surface area contributed by atoms with Crippen molar-refractivity contribution in [2.45, 2.75) is 38.1 Å². The summed E-state index contributed by atoms with van der Waals surface area (Å²) in [5.41, 5.74) is 0.293. The molecule has 2 heterocycles. The number of fused-ring (bicyclic) bond motifs is 1. The van der Waals surface area contributed by atoms with Gasteiger partial charge in [0.05, 0.1) is 29.7 Å². The standard InChI is InChI=1S/C19H22FN3O4/c1-10-18(20)22(8-7-21-10)14-6-5-12-15(17(14)27-2)23(11-3-4-11)9-13(16(12)24)19(25)26/h5-6,9-11,18,21H,3-4,7-8H2,1-2H3,(H,25,26). The summed E-state index contributed by atoms with van der Waals surface area (Å²) in [7, 11) is 1.49. The summed E-state index contributed by atoms with van der Waals surface area (Å²) < 4.78 is 22.3. The third-order valence-corrected chi connectivity index (χ3v) is 5.34. The molecule has 2 fully saturated rings. The minimum Gasteiger partial charge on any atom is -0.492 e. The molecule has 2 aliphatic rings. The molecule has 0 bridgehead atoms. The summed E-state index contributed by atoms with van der Waals surface area (Å²) >= 11 is 0. The number of carboxylic acid groups (broad SMARTS) is 1. The van der Waals surface area contributed by atoms with Crippen LogP contribution in [-0.2, 0) is 0 Å². The zero-order valence-electron chi connectivity index (χ0n) is 15.2. The van der Waals surface area contributed by atoms with Crippen LogP contribution in [0.3, 0.4) is 0 Å². The van der Waals surface area contributed by atoms with Crippen molar-refractivity contribution in [2.24, 2.45) is 0 Å².